The van der Waals surface area contributed by atoms with Crippen molar-refractivity contribution in [2.24, 2.45) is 0 Å². The zero-order chi connectivity index (χ0) is 8.43. The highest BCUT2D eigenvalue weighted by molar-refractivity contribution is 5.79. The van der Waals surface area contributed by atoms with E-state index in [1.54, 1.807) is 7.11 Å². The third-order valence-electron chi connectivity index (χ3n) is 2.08. The zero-order valence-electron chi connectivity index (χ0n) is 7.33. The van der Waals surface area contributed by atoms with E-state index in [9.17, 15) is 4.79 Å². The summed E-state index contributed by atoms with van der Waals surface area (Å²) in [6.07, 6.45) is 0.666. The fourth-order valence-electron chi connectivity index (χ4n) is 1.35. The molecule has 0 aliphatic carbocycles. The highest BCUT2D eigenvalue weighted by Gasteiger charge is 2.30. The third kappa shape index (κ3) is 1.71. The van der Waals surface area contributed by atoms with Crippen LogP contribution in [-0.4, -0.2) is 36.6 Å². The maximum Gasteiger partial charge on any atom is 0.225 e. The molecule has 0 aromatic heterocycles. The van der Waals surface area contributed by atoms with Crippen LogP contribution >= 0.6 is 0 Å². The number of rotatable bonds is 2. The summed E-state index contributed by atoms with van der Waals surface area (Å²) in [7, 11) is 1.65. The molecule has 1 aliphatic heterocycles. The van der Waals surface area contributed by atoms with Gasteiger partial charge in [-0.15, -0.1) is 0 Å². The van der Waals surface area contributed by atoms with E-state index in [4.69, 9.17) is 4.74 Å². The SMILES string of the molecule is CO[C@@H]1CC(=O)N(C(C)C)C1. The lowest BCUT2D eigenvalue weighted by Crippen LogP contribution is -2.32. The Bertz CT molecular complexity index is 156. The zero-order valence-corrected chi connectivity index (χ0v) is 7.33. The molecule has 3 heteroatoms. The van der Waals surface area contributed by atoms with Crippen molar-refractivity contribution in [3.8, 4) is 0 Å². The number of carbonyl (C=O) groups is 1. The molecule has 1 atom stereocenters. The van der Waals surface area contributed by atoms with Crippen molar-refractivity contribution in [1.82, 2.24) is 4.90 Å². The molecule has 0 radical (unpaired) electrons. The van der Waals surface area contributed by atoms with Gasteiger partial charge in [-0.05, 0) is 13.8 Å². The van der Waals surface area contributed by atoms with Crippen molar-refractivity contribution in [3.63, 3.8) is 0 Å². The van der Waals surface area contributed by atoms with Gasteiger partial charge >= 0.3 is 0 Å². The van der Waals surface area contributed by atoms with Gasteiger partial charge in [0, 0.05) is 19.7 Å². The number of nitrogens with zero attached hydrogens (tertiary/aromatic N) is 1. The highest BCUT2D eigenvalue weighted by Crippen LogP contribution is 2.15. The first-order chi connectivity index (χ1) is 5.15. The molecule has 1 fully saturated rings. The minimum absolute atomic E-state index is 0.116. The lowest BCUT2D eigenvalue weighted by atomic mass is 10.3. The Balaban J connectivity index is 2.52. The lowest BCUT2D eigenvalue weighted by Gasteiger charge is -2.20. The van der Waals surface area contributed by atoms with Crippen LogP contribution in [0.1, 0.15) is 20.3 Å². The van der Waals surface area contributed by atoms with Crippen LogP contribution in [-0.2, 0) is 9.53 Å². The van der Waals surface area contributed by atoms with Crippen LogP contribution in [0.4, 0.5) is 0 Å². The van der Waals surface area contributed by atoms with E-state index >= 15 is 0 Å². The molecule has 0 spiro atoms. The minimum atomic E-state index is 0.116. The van der Waals surface area contributed by atoms with Crippen LogP contribution in [0.15, 0.2) is 0 Å². The van der Waals surface area contributed by atoms with E-state index in [2.05, 4.69) is 0 Å². The van der Waals surface area contributed by atoms with E-state index in [-0.39, 0.29) is 12.0 Å². The van der Waals surface area contributed by atoms with Gasteiger partial charge in [-0.3, -0.25) is 4.79 Å². The summed E-state index contributed by atoms with van der Waals surface area (Å²) in [5, 5.41) is 0. The molecule has 1 rings (SSSR count). The lowest BCUT2D eigenvalue weighted by molar-refractivity contribution is -0.129. The summed E-state index contributed by atoms with van der Waals surface area (Å²) in [5.74, 6) is 0.215. The fourth-order valence-corrected chi connectivity index (χ4v) is 1.35. The van der Waals surface area contributed by atoms with Crippen molar-refractivity contribution >= 4 is 5.91 Å². The topological polar surface area (TPSA) is 29.5 Å². The Kier molecular flexibility index (Phi) is 2.49. The van der Waals surface area contributed by atoms with Gasteiger partial charge in [0.2, 0.25) is 5.91 Å². The molecule has 1 saturated heterocycles. The van der Waals surface area contributed by atoms with Gasteiger partial charge in [-0.25, -0.2) is 0 Å². The van der Waals surface area contributed by atoms with Crippen molar-refractivity contribution in [1.29, 1.82) is 0 Å². The molecule has 11 heavy (non-hydrogen) atoms. The van der Waals surface area contributed by atoms with E-state index in [1.165, 1.54) is 0 Å². The molecule has 3 nitrogen and oxygen atoms in total. The van der Waals surface area contributed by atoms with E-state index < -0.39 is 0 Å². The largest absolute Gasteiger partial charge is 0.379 e. The summed E-state index contributed by atoms with van der Waals surface area (Å²) >= 11 is 0. The summed E-state index contributed by atoms with van der Waals surface area (Å²) < 4.78 is 5.10. The van der Waals surface area contributed by atoms with E-state index in [0.717, 1.165) is 6.54 Å². The van der Waals surface area contributed by atoms with Crippen molar-refractivity contribution in [2.45, 2.75) is 32.4 Å². The Morgan fingerprint density at radius 3 is 2.55 bits per heavy atom. The second kappa shape index (κ2) is 3.22. The molecule has 0 bridgehead atoms. The molecular weight excluding hydrogens is 142 g/mol. The standard InChI is InChI=1S/C8H15NO2/c1-6(2)9-5-7(11-3)4-8(9)10/h6-7H,4-5H2,1-3H3/t7-/m1/s1. The monoisotopic (exact) mass is 157 g/mol. The first-order valence-electron chi connectivity index (χ1n) is 3.97. The van der Waals surface area contributed by atoms with Crippen LogP contribution in [0, 0.1) is 0 Å². The predicted octanol–water partition coefficient (Wildman–Crippen LogP) is 0.642. The maximum atomic E-state index is 11.2. The number of hydrogen-bond acceptors (Lipinski definition) is 2. The second-order valence-corrected chi connectivity index (χ2v) is 3.20. The molecule has 0 aromatic carbocycles. The van der Waals surface area contributed by atoms with Gasteiger partial charge in [0.05, 0.1) is 12.5 Å². The van der Waals surface area contributed by atoms with Crippen LogP contribution in [0.3, 0.4) is 0 Å². The predicted molar refractivity (Wildman–Crippen MR) is 42.3 cm³/mol. The van der Waals surface area contributed by atoms with Gasteiger partial charge in [-0.1, -0.05) is 0 Å². The summed E-state index contributed by atoms with van der Waals surface area (Å²) in [6, 6.07) is 0.308. The van der Waals surface area contributed by atoms with Crippen molar-refractivity contribution in [2.75, 3.05) is 13.7 Å². The summed E-state index contributed by atoms with van der Waals surface area (Å²) in [4.78, 5) is 13.1. The van der Waals surface area contributed by atoms with Gasteiger partial charge in [0.15, 0.2) is 0 Å². The Labute approximate surface area is 67.3 Å². The second-order valence-electron chi connectivity index (χ2n) is 3.20. The van der Waals surface area contributed by atoms with Crippen LogP contribution < -0.4 is 0 Å². The molecular formula is C8H15NO2. The smallest absolute Gasteiger partial charge is 0.225 e. The van der Waals surface area contributed by atoms with Gasteiger partial charge < -0.3 is 9.64 Å². The first-order valence-corrected chi connectivity index (χ1v) is 3.97. The molecule has 0 saturated carbocycles. The third-order valence-corrected chi connectivity index (χ3v) is 2.08. The molecule has 0 N–H and O–H groups in total. The molecule has 64 valence electrons. The Hall–Kier alpha value is -0.570. The Morgan fingerprint density at radius 2 is 2.27 bits per heavy atom. The van der Waals surface area contributed by atoms with Gasteiger partial charge in [-0.2, -0.15) is 0 Å². The van der Waals surface area contributed by atoms with Crippen molar-refractivity contribution in [3.05, 3.63) is 0 Å². The quantitative estimate of drug-likeness (QED) is 0.588. The van der Waals surface area contributed by atoms with Crippen molar-refractivity contribution < 1.29 is 9.53 Å². The number of likely N-dealkylation sites (tertiary alicyclic amines) is 1. The van der Waals surface area contributed by atoms with E-state index in [1.807, 2.05) is 18.7 Å². The molecule has 0 aromatic rings. The highest BCUT2D eigenvalue weighted by atomic mass is 16.5. The average molecular weight is 157 g/mol. The molecule has 1 heterocycles. The van der Waals surface area contributed by atoms with Crippen LogP contribution in [0.25, 0.3) is 0 Å². The van der Waals surface area contributed by atoms with Crippen LogP contribution in [0.2, 0.25) is 0 Å². The number of carbonyl (C=O) groups excluding carboxylic acids is 1. The van der Waals surface area contributed by atoms with Crippen LogP contribution in [0.5, 0.6) is 0 Å². The molecule has 1 aliphatic rings. The number of amides is 1. The average Bonchev–Trinajstić information content (AvgIpc) is 2.30. The summed E-state index contributed by atoms with van der Waals surface area (Å²) in [5.41, 5.74) is 0. The fraction of sp³-hybridized carbons (Fsp3) is 0.875. The summed E-state index contributed by atoms with van der Waals surface area (Å²) in [6.45, 7) is 4.80. The number of methoxy groups -OCH3 is 1. The maximum absolute atomic E-state index is 11.2. The van der Waals surface area contributed by atoms with Gasteiger partial charge in [0.1, 0.15) is 0 Å². The molecule has 0 unspecified atom stereocenters. The normalized spacial score (nSPS) is 25.3. The molecule has 1 amide bonds. The minimum Gasteiger partial charge on any atom is -0.379 e. The number of ether oxygens (including phenoxy) is 1. The van der Waals surface area contributed by atoms with E-state index in [0.29, 0.717) is 12.5 Å². The van der Waals surface area contributed by atoms with Gasteiger partial charge in [0.25, 0.3) is 0 Å². The Morgan fingerprint density at radius 1 is 1.64 bits per heavy atom. The number of hydrogen-bond donors (Lipinski definition) is 0. The first kappa shape index (κ1) is 8.53.